The van der Waals surface area contributed by atoms with Gasteiger partial charge in [0, 0.05) is 25.3 Å². The van der Waals surface area contributed by atoms with E-state index in [-0.39, 0.29) is 29.8 Å². The van der Waals surface area contributed by atoms with Crippen molar-refractivity contribution in [3.8, 4) is 11.3 Å². The SMILES string of the molecule is CO[C@@H]1[C@@H](n2cc(-c3ccc(C)c(F)c3F)nn2)[C@H]2OC(C)(C)OC[C@H]2O[C@@H]1CC=NO. The fourth-order valence-corrected chi connectivity index (χ4v) is 4.25. The first-order chi connectivity index (χ1) is 15.3. The molecule has 3 heterocycles. The van der Waals surface area contributed by atoms with Crippen LogP contribution in [0.15, 0.2) is 23.5 Å². The zero-order valence-electron chi connectivity index (χ0n) is 18.2. The normalized spacial score (nSPS) is 29.9. The lowest BCUT2D eigenvalue weighted by Gasteiger charge is -2.50. The first-order valence-electron chi connectivity index (χ1n) is 10.3. The number of halogens is 2. The Balaban J connectivity index is 1.73. The quantitative estimate of drug-likeness (QED) is 0.423. The van der Waals surface area contributed by atoms with Gasteiger partial charge in [0.25, 0.3) is 0 Å². The van der Waals surface area contributed by atoms with Gasteiger partial charge in [0.05, 0.1) is 18.9 Å². The first kappa shape index (κ1) is 22.7. The number of hydrogen-bond acceptors (Lipinski definition) is 8. The lowest BCUT2D eigenvalue weighted by atomic mass is 9.90. The Hall–Kier alpha value is -2.47. The van der Waals surface area contributed by atoms with Gasteiger partial charge in [0.1, 0.15) is 30.0 Å². The molecule has 1 N–H and O–H groups in total. The highest BCUT2D eigenvalue weighted by atomic mass is 19.2. The molecule has 11 heteroatoms. The Kier molecular flexibility index (Phi) is 6.26. The number of methoxy groups -OCH3 is 1. The second-order valence-corrected chi connectivity index (χ2v) is 8.37. The molecule has 0 unspecified atom stereocenters. The van der Waals surface area contributed by atoms with E-state index in [4.69, 9.17) is 24.2 Å². The second kappa shape index (κ2) is 8.81. The smallest absolute Gasteiger partial charge is 0.168 e. The molecule has 0 amide bonds. The van der Waals surface area contributed by atoms with E-state index < -0.39 is 47.9 Å². The molecule has 32 heavy (non-hydrogen) atoms. The fourth-order valence-electron chi connectivity index (χ4n) is 4.25. The molecule has 0 radical (unpaired) electrons. The Labute approximate surface area is 183 Å². The summed E-state index contributed by atoms with van der Waals surface area (Å²) in [7, 11) is 1.53. The molecule has 2 fully saturated rings. The van der Waals surface area contributed by atoms with Gasteiger partial charge in [-0.15, -0.1) is 10.3 Å². The van der Waals surface area contributed by atoms with Crippen LogP contribution in [-0.2, 0) is 18.9 Å². The molecule has 5 atom stereocenters. The minimum absolute atomic E-state index is 0.00844. The van der Waals surface area contributed by atoms with Crippen molar-refractivity contribution < 1.29 is 32.9 Å². The molecule has 1 aromatic heterocycles. The Morgan fingerprint density at radius 3 is 2.84 bits per heavy atom. The highest BCUT2D eigenvalue weighted by molar-refractivity contribution is 5.59. The van der Waals surface area contributed by atoms with Crippen molar-refractivity contribution in [3.63, 3.8) is 0 Å². The summed E-state index contributed by atoms with van der Waals surface area (Å²) in [6, 6.07) is 2.44. The Bertz CT molecular complexity index is 999. The van der Waals surface area contributed by atoms with Crippen LogP contribution in [-0.4, -0.2) is 70.3 Å². The lowest BCUT2D eigenvalue weighted by Crippen LogP contribution is -2.62. The minimum Gasteiger partial charge on any atom is -0.411 e. The first-order valence-corrected chi connectivity index (χ1v) is 10.3. The summed E-state index contributed by atoms with van der Waals surface area (Å²) >= 11 is 0. The number of benzene rings is 1. The number of fused-ring (bicyclic) bond motifs is 1. The molecule has 0 saturated carbocycles. The van der Waals surface area contributed by atoms with Gasteiger partial charge in [-0.3, -0.25) is 0 Å². The number of oxime groups is 1. The highest BCUT2D eigenvalue weighted by Crippen LogP contribution is 2.40. The van der Waals surface area contributed by atoms with Gasteiger partial charge in [-0.25, -0.2) is 13.5 Å². The van der Waals surface area contributed by atoms with Gasteiger partial charge in [0.15, 0.2) is 17.4 Å². The molecular formula is C21H26F2N4O5. The topological polar surface area (TPSA) is 100 Å². The molecule has 9 nitrogen and oxygen atoms in total. The van der Waals surface area contributed by atoms with Crippen LogP contribution in [0.5, 0.6) is 0 Å². The largest absolute Gasteiger partial charge is 0.411 e. The molecule has 174 valence electrons. The Morgan fingerprint density at radius 2 is 2.12 bits per heavy atom. The molecule has 1 aromatic carbocycles. The summed E-state index contributed by atoms with van der Waals surface area (Å²) in [6.45, 7) is 5.36. The summed E-state index contributed by atoms with van der Waals surface area (Å²) in [5, 5.41) is 20.2. The zero-order chi connectivity index (χ0) is 23.0. The number of aryl methyl sites for hydroxylation is 1. The average molecular weight is 452 g/mol. The predicted molar refractivity (Wildman–Crippen MR) is 108 cm³/mol. The van der Waals surface area contributed by atoms with Crippen molar-refractivity contribution in [2.45, 2.75) is 63.4 Å². The van der Waals surface area contributed by atoms with Crippen LogP contribution in [0.3, 0.4) is 0 Å². The zero-order valence-corrected chi connectivity index (χ0v) is 18.2. The predicted octanol–water partition coefficient (Wildman–Crippen LogP) is 2.86. The van der Waals surface area contributed by atoms with Gasteiger partial charge in [-0.1, -0.05) is 11.3 Å². The average Bonchev–Trinajstić information content (AvgIpc) is 3.24. The van der Waals surface area contributed by atoms with Crippen molar-refractivity contribution >= 4 is 6.21 Å². The standard InChI is InChI=1S/C21H26F2N4O5/c1-11-5-6-12(17(23)16(11)22)13-9-27(26-25-13)18-19(29-4)14(7-8-24-28)31-15-10-30-21(2,3)32-20(15)18/h5-6,8-9,14-15,18-20,28H,7,10H2,1-4H3/t14-,15-,18-,19+,20+/m1/s1. The van der Waals surface area contributed by atoms with Crippen molar-refractivity contribution in [2.24, 2.45) is 5.16 Å². The highest BCUT2D eigenvalue weighted by Gasteiger charge is 2.52. The van der Waals surface area contributed by atoms with Crippen LogP contribution in [0.25, 0.3) is 11.3 Å². The maximum absolute atomic E-state index is 14.5. The van der Waals surface area contributed by atoms with Crippen LogP contribution in [0, 0.1) is 18.6 Å². The van der Waals surface area contributed by atoms with E-state index in [1.54, 1.807) is 13.8 Å². The minimum atomic E-state index is -0.981. The van der Waals surface area contributed by atoms with E-state index in [0.29, 0.717) is 0 Å². The molecule has 2 aliphatic heterocycles. The fraction of sp³-hybridized carbons (Fsp3) is 0.571. The molecule has 2 saturated heterocycles. The van der Waals surface area contributed by atoms with E-state index in [1.165, 1.54) is 43.3 Å². The summed E-state index contributed by atoms with van der Waals surface area (Å²) < 4.78 is 54.0. The Morgan fingerprint density at radius 1 is 1.34 bits per heavy atom. The van der Waals surface area contributed by atoms with Gasteiger partial charge in [0.2, 0.25) is 0 Å². The molecule has 0 aliphatic carbocycles. The molecule has 2 aromatic rings. The van der Waals surface area contributed by atoms with Gasteiger partial charge in [-0.05, 0) is 32.4 Å². The second-order valence-electron chi connectivity index (χ2n) is 8.37. The third kappa shape index (κ3) is 4.13. The third-order valence-corrected chi connectivity index (χ3v) is 5.83. The number of nitrogens with zero attached hydrogens (tertiary/aromatic N) is 4. The number of aromatic nitrogens is 3. The van der Waals surface area contributed by atoms with E-state index in [9.17, 15) is 8.78 Å². The summed E-state index contributed by atoms with van der Waals surface area (Å²) in [5.74, 6) is -2.77. The molecular weight excluding hydrogens is 426 g/mol. The monoisotopic (exact) mass is 452 g/mol. The summed E-state index contributed by atoms with van der Waals surface area (Å²) in [5.41, 5.74) is 0.393. The van der Waals surface area contributed by atoms with Gasteiger partial charge >= 0.3 is 0 Å². The summed E-state index contributed by atoms with van der Waals surface area (Å²) in [4.78, 5) is 0. The lowest BCUT2D eigenvalue weighted by molar-refractivity contribution is -0.349. The van der Waals surface area contributed by atoms with Gasteiger partial charge in [-0.2, -0.15) is 0 Å². The summed E-state index contributed by atoms with van der Waals surface area (Å²) in [6.07, 6.45) is 1.12. The number of hydrogen-bond donors (Lipinski definition) is 1. The van der Waals surface area contributed by atoms with Crippen LogP contribution in [0.2, 0.25) is 0 Å². The molecule has 0 spiro atoms. The van der Waals surface area contributed by atoms with E-state index in [2.05, 4.69) is 15.5 Å². The molecule has 4 rings (SSSR count). The van der Waals surface area contributed by atoms with Crippen LogP contribution < -0.4 is 0 Å². The van der Waals surface area contributed by atoms with E-state index in [0.717, 1.165) is 0 Å². The molecule has 2 aliphatic rings. The van der Waals surface area contributed by atoms with E-state index >= 15 is 0 Å². The maximum Gasteiger partial charge on any atom is 0.168 e. The van der Waals surface area contributed by atoms with Crippen LogP contribution in [0.4, 0.5) is 8.78 Å². The van der Waals surface area contributed by atoms with Crippen LogP contribution in [0.1, 0.15) is 31.9 Å². The van der Waals surface area contributed by atoms with Crippen molar-refractivity contribution in [2.75, 3.05) is 13.7 Å². The van der Waals surface area contributed by atoms with Crippen molar-refractivity contribution in [3.05, 3.63) is 35.5 Å². The van der Waals surface area contributed by atoms with Gasteiger partial charge < -0.3 is 24.2 Å². The number of rotatable bonds is 5. The van der Waals surface area contributed by atoms with Crippen molar-refractivity contribution in [1.29, 1.82) is 0 Å². The van der Waals surface area contributed by atoms with Crippen LogP contribution >= 0.6 is 0 Å². The third-order valence-electron chi connectivity index (χ3n) is 5.83. The molecule has 0 bridgehead atoms. The van der Waals surface area contributed by atoms with Crippen molar-refractivity contribution in [1.82, 2.24) is 15.0 Å². The van der Waals surface area contributed by atoms with E-state index in [1.807, 2.05) is 0 Å². The maximum atomic E-state index is 14.5. The number of ether oxygens (including phenoxy) is 4.